The van der Waals surface area contributed by atoms with Gasteiger partial charge < -0.3 is 0 Å². The first-order valence-corrected chi connectivity index (χ1v) is 43.0. The molecule has 8 aromatic carbocycles. The van der Waals surface area contributed by atoms with Crippen LogP contribution < -0.4 is 0 Å². The zero-order valence-corrected chi connectivity index (χ0v) is 69.4. The van der Waals surface area contributed by atoms with Gasteiger partial charge in [0.2, 0.25) is 0 Å². The minimum absolute atomic E-state index is 0.814. The number of benzene rings is 8. The van der Waals surface area contributed by atoms with Gasteiger partial charge in [0.05, 0.1) is 19.5 Å². The lowest BCUT2D eigenvalue weighted by atomic mass is 9.95. The third kappa shape index (κ3) is 23.3. The summed E-state index contributed by atoms with van der Waals surface area (Å²) in [6, 6.07) is 58.0. The van der Waals surface area contributed by atoms with Crippen LogP contribution in [0.25, 0.3) is 9.75 Å². The summed E-state index contributed by atoms with van der Waals surface area (Å²) in [6.07, 6.45) is 25.8. The molecule has 0 nitrogen and oxygen atoms in total. The number of rotatable bonds is 25. The monoisotopic (exact) mass is 1470 g/mol. The quantitative estimate of drug-likeness (QED) is 0.0395. The minimum Gasteiger partial charge on any atom is -0.124 e. The Labute approximate surface area is 671 Å². The molecule has 0 saturated heterocycles. The van der Waals surface area contributed by atoms with Gasteiger partial charge in [-0.05, 0) is 279 Å². The van der Waals surface area contributed by atoms with E-state index in [-0.39, 0.29) is 0 Å². The van der Waals surface area contributed by atoms with Crippen LogP contribution in [0.3, 0.4) is 0 Å². The number of thiophene rings is 2. The van der Waals surface area contributed by atoms with Crippen LogP contribution in [-0.4, -0.2) is 0 Å². The lowest BCUT2D eigenvalue weighted by Gasteiger charge is -2.08. The molecule has 0 radical (unpaired) electrons. The molecule has 10 aromatic rings. The summed E-state index contributed by atoms with van der Waals surface area (Å²) in [4.78, 5) is 3.92. The molecule has 0 unspecified atom stereocenters. The van der Waals surface area contributed by atoms with Crippen LogP contribution in [0, 0.1) is 94.7 Å². The molecule has 0 aliphatic heterocycles. The van der Waals surface area contributed by atoms with E-state index in [4.69, 9.17) is 0 Å². The molecule has 10 rings (SSSR count). The standard InChI is InChI=1S/C108H110S2/c1-13-25-29-33-79-37-45-83(46-38-79)53-57-95-69-91(21-9)99(73-87(95)17-5)61-63-103-77-105(67-65-101-75-89(19-7)97(71-93(101)23-11)59-55-85-49-41-81(42-50-85)35-31-27-15-3)109-107(103)108-104(64-62-100-74-88(18-6)96(70-92(100)22-10)58-54-84-47-39-80(40-48-84)34-30-26-14-2)78-106(110-108)68-66-102-76-90(20-8)98(72-94(102)24-12)60-56-86-51-43-82(44-52-86)36-32-28-16-4/h37-52,69-78H,13-36H2,1-12H3. The molecule has 0 atom stereocenters. The van der Waals surface area contributed by atoms with Crippen molar-refractivity contribution in [1.29, 1.82) is 0 Å². The van der Waals surface area contributed by atoms with Gasteiger partial charge >= 0.3 is 0 Å². The van der Waals surface area contributed by atoms with Gasteiger partial charge in [-0.15, -0.1) is 22.7 Å². The van der Waals surface area contributed by atoms with Crippen LogP contribution in [-0.2, 0) is 77.0 Å². The molecule has 2 heterocycles. The average Bonchev–Trinajstić information content (AvgIpc) is 1.61. The van der Waals surface area contributed by atoms with E-state index < -0.39 is 0 Å². The maximum Gasteiger partial charge on any atom is 0.0792 e. The Kier molecular flexibility index (Phi) is 32.2. The second kappa shape index (κ2) is 43.1. The molecule has 554 valence electrons. The van der Waals surface area contributed by atoms with E-state index in [2.05, 4.69) is 336 Å². The first-order chi connectivity index (χ1) is 53.9. The molecule has 0 spiro atoms. The molecule has 0 saturated carbocycles. The Balaban J connectivity index is 1.10. The molecular formula is C108H110S2. The van der Waals surface area contributed by atoms with Crippen LogP contribution >= 0.6 is 22.7 Å². The minimum atomic E-state index is 0.814. The maximum absolute atomic E-state index is 3.81. The third-order valence-electron chi connectivity index (χ3n) is 20.8. The Morgan fingerprint density at radius 3 is 0.564 bits per heavy atom. The fraction of sp³-hybridized carbons (Fsp3) is 0.333. The summed E-state index contributed by atoms with van der Waals surface area (Å²) in [6.45, 7) is 26.8. The molecule has 0 fully saturated rings. The summed E-state index contributed by atoms with van der Waals surface area (Å²) in [5.74, 6) is 58.5. The summed E-state index contributed by atoms with van der Waals surface area (Å²) in [5, 5.41) is 0. The Hall–Kier alpha value is -10.4. The van der Waals surface area contributed by atoms with E-state index >= 15 is 0 Å². The number of hydrogen-bond donors (Lipinski definition) is 0. The Morgan fingerprint density at radius 2 is 0.373 bits per heavy atom. The Morgan fingerprint density at radius 1 is 0.191 bits per heavy atom. The van der Waals surface area contributed by atoms with Crippen molar-refractivity contribution in [3.63, 3.8) is 0 Å². The van der Waals surface area contributed by atoms with Crippen LogP contribution in [0.5, 0.6) is 0 Å². The molecule has 110 heavy (non-hydrogen) atoms. The van der Waals surface area contributed by atoms with E-state index in [1.54, 1.807) is 22.7 Å². The first kappa shape index (κ1) is 82.1. The average molecular weight is 1470 g/mol. The van der Waals surface area contributed by atoms with Crippen molar-refractivity contribution in [2.75, 3.05) is 0 Å². The number of hydrogen-bond acceptors (Lipinski definition) is 2. The predicted molar refractivity (Wildman–Crippen MR) is 475 cm³/mol. The molecule has 0 bridgehead atoms. The van der Waals surface area contributed by atoms with Gasteiger partial charge in [0.15, 0.2) is 0 Å². The van der Waals surface area contributed by atoms with Crippen LogP contribution in [0.1, 0.15) is 315 Å². The fourth-order valence-electron chi connectivity index (χ4n) is 13.9. The van der Waals surface area contributed by atoms with E-state index in [0.717, 1.165) is 174 Å². The number of aryl methyl sites for hydroxylation is 12. The van der Waals surface area contributed by atoms with E-state index in [1.165, 1.54) is 144 Å². The van der Waals surface area contributed by atoms with Crippen molar-refractivity contribution in [2.24, 2.45) is 0 Å². The van der Waals surface area contributed by atoms with Gasteiger partial charge in [-0.3, -0.25) is 0 Å². The highest BCUT2D eigenvalue weighted by Crippen LogP contribution is 2.40. The second-order valence-corrected chi connectivity index (χ2v) is 30.9. The van der Waals surface area contributed by atoms with Gasteiger partial charge in [-0.25, -0.2) is 0 Å². The van der Waals surface area contributed by atoms with Crippen LogP contribution in [0.15, 0.2) is 158 Å². The van der Waals surface area contributed by atoms with Gasteiger partial charge in [-0.1, -0.05) is 278 Å². The van der Waals surface area contributed by atoms with Crippen LogP contribution in [0.2, 0.25) is 0 Å². The smallest absolute Gasteiger partial charge is 0.0792 e. The number of unbranched alkanes of at least 4 members (excludes halogenated alkanes) is 8. The molecule has 0 N–H and O–H groups in total. The highest BCUT2D eigenvalue weighted by atomic mass is 32.1. The second-order valence-electron chi connectivity index (χ2n) is 28.8. The molecule has 0 aliphatic rings. The highest BCUT2D eigenvalue weighted by molar-refractivity contribution is 7.23. The van der Waals surface area contributed by atoms with E-state index in [1.807, 2.05) is 0 Å². The van der Waals surface area contributed by atoms with Crippen molar-refractivity contribution < 1.29 is 0 Å². The fourth-order valence-corrected chi connectivity index (χ4v) is 16.0. The third-order valence-corrected chi connectivity index (χ3v) is 23.1. The van der Waals surface area contributed by atoms with Crippen molar-refractivity contribution in [3.8, 4) is 104 Å². The lowest BCUT2D eigenvalue weighted by Crippen LogP contribution is -1.96. The summed E-state index contributed by atoms with van der Waals surface area (Å²) in [5.41, 5.74) is 29.2. The largest absolute Gasteiger partial charge is 0.124 e. The van der Waals surface area contributed by atoms with Gasteiger partial charge in [0.25, 0.3) is 0 Å². The lowest BCUT2D eigenvalue weighted by molar-refractivity contribution is 0.717. The zero-order chi connectivity index (χ0) is 77.4. The molecule has 2 aromatic heterocycles. The molecule has 2 heteroatoms. The van der Waals surface area contributed by atoms with Crippen LogP contribution in [0.4, 0.5) is 0 Å². The van der Waals surface area contributed by atoms with E-state index in [0.29, 0.717) is 0 Å². The van der Waals surface area contributed by atoms with Gasteiger partial charge in [0.1, 0.15) is 0 Å². The van der Waals surface area contributed by atoms with Crippen molar-refractivity contribution >= 4 is 22.7 Å². The topological polar surface area (TPSA) is 0 Å². The summed E-state index contributed by atoms with van der Waals surface area (Å²) in [7, 11) is 0. The van der Waals surface area contributed by atoms with Gasteiger partial charge in [-0.2, -0.15) is 0 Å². The van der Waals surface area contributed by atoms with E-state index in [9.17, 15) is 0 Å². The van der Waals surface area contributed by atoms with Crippen molar-refractivity contribution in [2.45, 2.75) is 237 Å². The zero-order valence-electron chi connectivity index (χ0n) is 67.8. The normalized spacial score (nSPS) is 10.5. The Bertz CT molecular complexity index is 5000. The molecular weight excluding hydrogens is 1360 g/mol. The van der Waals surface area contributed by atoms with Crippen molar-refractivity contribution in [3.05, 3.63) is 312 Å². The first-order valence-electron chi connectivity index (χ1n) is 41.4. The van der Waals surface area contributed by atoms with Gasteiger partial charge in [0, 0.05) is 77.9 Å². The summed E-state index contributed by atoms with van der Waals surface area (Å²) >= 11 is 3.39. The SMILES string of the molecule is CCCCCc1ccc(C#Cc2cc(CC)c(C#Cc3cc(C#Cc4cc(CC)c(C#Cc5ccc(CCCCC)cc5)cc4CC)c(-c4sc(C#Cc5cc(CC)c(C#Cc6ccc(CCCCC)cc6)cc5CC)cc4C#Cc4cc(CC)c(C#Cc5ccc(CCCCC)cc5)cc4CC)s3)cc2CC)cc1. The molecule has 0 amide bonds. The summed E-state index contributed by atoms with van der Waals surface area (Å²) < 4.78 is 0. The predicted octanol–water partition coefficient (Wildman–Crippen LogP) is 26.1. The molecule has 0 aliphatic carbocycles. The highest BCUT2D eigenvalue weighted by Gasteiger charge is 2.19. The maximum atomic E-state index is 3.81. The van der Waals surface area contributed by atoms with Crippen molar-refractivity contribution in [1.82, 2.24) is 0 Å².